The van der Waals surface area contributed by atoms with Gasteiger partial charge in [0.1, 0.15) is 12.6 Å². The number of carbonyl (C=O) groups excluding carboxylic acids is 3. The number of cyclic esters (lactones) is 1. The molecular formula is C25H34N2O5S. The zero-order valence-electron chi connectivity index (χ0n) is 19.4. The van der Waals surface area contributed by atoms with Crippen molar-refractivity contribution in [1.82, 2.24) is 9.80 Å². The summed E-state index contributed by atoms with van der Waals surface area (Å²) in [4.78, 5) is 45.1. The summed E-state index contributed by atoms with van der Waals surface area (Å²) in [5.41, 5.74) is 0. The molecule has 1 spiro atoms. The molecule has 2 amide bonds. The SMILES string of the molecule is CC[C@@H](CO)N1C(=O)[C@@H]2[C@H]3C(=O)OCC=C[C@@]3(C)S[C@@]23C=CCN(C2CCCCC2)C(=O)C13. The molecule has 2 saturated heterocycles. The normalized spacial score (nSPS) is 39.6. The van der Waals surface area contributed by atoms with Gasteiger partial charge in [0.2, 0.25) is 11.8 Å². The molecule has 1 N–H and O–H groups in total. The van der Waals surface area contributed by atoms with E-state index in [9.17, 15) is 19.5 Å². The molecule has 6 atom stereocenters. The predicted octanol–water partition coefficient (Wildman–Crippen LogP) is 2.29. The summed E-state index contributed by atoms with van der Waals surface area (Å²) >= 11 is 1.56. The highest BCUT2D eigenvalue weighted by Crippen LogP contribution is 2.65. The van der Waals surface area contributed by atoms with Gasteiger partial charge < -0.3 is 19.6 Å². The van der Waals surface area contributed by atoms with Crippen molar-refractivity contribution < 1.29 is 24.2 Å². The van der Waals surface area contributed by atoms with Gasteiger partial charge in [-0.25, -0.2) is 0 Å². The summed E-state index contributed by atoms with van der Waals surface area (Å²) in [5, 5.41) is 10.2. The molecule has 3 fully saturated rings. The smallest absolute Gasteiger partial charge is 0.311 e. The highest BCUT2D eigenvalue weighted by atomic mass is 32.2. The second-order valence-corrected chi connectivity index (χ2v) is 12.0. The minimum Gasteiger partial charge on any atom is -0.461 e. The summed E-state index contributed by atoms with van der Waals surface area (Å²) in [7, 11) is 0. The largest absolute Gasteiger partial charge is 0.461 e. The second kappa shape index (κ2) is 8.45. The van der Waals surface area contributed by atoms with Crippen LogP contribution >= 0.6 is 11.8 Å². The molecule has 5 aliphatic rings. The van der Waals surface area contributed by atoms with Crippen molar-refractivity contribution in [3.63, 3.8) is 0 Å². The minimum atomic E-state index is -0.861. The summed E-state index contributed by atoms with van der Waals surface area (Å²) in [6.07, 6.45) is 13.8. The van der Waals surface area contributed by atoms with E-state index in [4.69, 9.17) is 4.74 Å². The Kier molecular flexibility index (Phi) is 5.88. The van der Waals surface area contributed by atoms with Gasteiger partial charge in [-0.2, -0.15) is 0 Å². The number of aliphatic hydroxyl groups is 1. The van der Waals surface area contributed by atoms with Gasteiger partial charge in [0.15, 0.2) is 0 Å². The quantitative estimate of drug-likeness (QED) is 0.497. The second-order valence-electron chi connectivity index (χ2n) is 10.2. The van der Waals surface area contributed by atoms with E-state index in [1.54, 1.807) is 16.7 Å². The van der Waals surface area contributed by atoms with Crippen LogP contribution < -0.4 is 0 Å². The molecule has 4 heterocycles. The van der Waals surface area contributed by atoms with E-state index in [0.717, 1.165) is 25.7 Å². The van der Waals surface area contributed by atoms with Gasteiger partial charge in [0.05, 0.1) is 29.2 Å². The van der Waals surface area contributed by atoms with E-state index in [-0.39, 0.29) is 37.0 Å². The number of esters is 1. The molecule has 180 valence electrons. The Morgan fingerprint density at radius 3 is 2.58 bits per heavy atom. The summed E-state index contributed by atoms with van der Waals surface area (Å²) < 4.78 is 3.96. The Hall–Kier alpha value is -1.80. The lowest BCUT2D eigenvalue weighted by molar-refractivity contribution is -0.153. The van der Waals surface area contributed by atoms with Gasteiger partial charge >= 0.3 is 5.97 Å². The fraction of sp³-hybridized carbons (Fsp3) is 0.720. The summed E-state index contributed by atoms with van der Waals surface area (Å²) in [6, 6.07) is -1.02. The van der Waals surface area contributed by atoms with Crippen molar-refractivity contribution in [2.24, 2.45) is 11.8 Å². The van der Waals surface area contributed by atoms with E-state index in [1.807, 2.05) is 43.1 Å². The Bertz CT molecular complexity index is 895. The van der Waals surface area contributed by atoms with Crippen molar-refractivity contribution in [1.29, 1.82) is 0 Å². The summed E-state index contributed by atoms with van der Waals surface area (Å²) in [6.45, 7) is 4.42. The van der Waals surface area contributed by atoms with E-state index >= 15 is 0 Å². The van der Waals surface area contributed by atoms with Crippen molar-refractivity contribution >= 4 is 29.5 Å². The number of likely N-dealkylation sites (tertiary alicyclic amines) is 1. The Morgan fingerprint density at radius 1 is 1.12 bits per heavy atom. The van der Waals surface area contributed by atoms with Gasteiger partial charge in [-0.1, -0.05) is 44.4 Å². The number of hydrogen-bond donors (Lipinski definition) is 1. The number of rotatable bonds is 4. The Labute approximate surface area is 199 Å². The van der Waals surface area contributed by atoms with Crippen LogP contribution in [-0.4, -0.2) is 80.1 Å². The molecule has 0 bridgehead atoms. The number of hydrogen-bond acceptors (Lipinski definition) is 6. The van der Waals surface area contributed by atoms with Crippen molar-refractivity contribution in [2.45, 2.75) is 80.0 Å². The molecule has 1 aliphatic carbocycles. The Balaban J connectivity index is 1.64. The molecule has 0 aromatic heterocycles. The molecule has 0 aromatic rings. The van der Waals surface area contributed by atoms with Crippen LogP contribution in [0.15, 0.2) is 24.3 Å². The number of carbonyl (C=O) groups is 3. The summed E-state index contributed by atoms with van der Waals surface area (Å²) in [5.74, 6) is -1.99. The number of fused-ring (bicyclic) bond motifs is 2. The van der Waals surface area contributed by atoms with Crippen molar-refractivity contribution in [2.75, 3.05) is 19.8 Å². The maximum atomic E-state index is 14.3. The number of ether oxygens (including phenoxy) is 1. The highest BCUT2D eigenvalue weighted by Gasteiger charge is 2.74. The molecule has 0 aromatic carbocycles. The molecule has 4 aliphatic heterocycles. The maximum Gasteiger partial charge on any atom is 0.311 e. The first kappa shape index (κ1) is 23.0. The molecule has 33 heavy (non-hydrogen) atoms. The van der Waals surface area contributed by atoms with Gasteiger partial charge in [-0.15, -0.1) is 11.8 Å². The van der Waals surface area contributed by atoms with Crippen LogP contribution in [0, 0.1) is 11.8 Å². The van der Waals surface area contributed by atoms with E-state index < -0.39 is 33.4 Å². The zero-order valence-corrected chi connectivity index (χ0v) is 20.3. The molecular weight excluding hydrogens is 440 g/mol. The van der Waals surface area contributed by atoms with Gasteiger partial charge in [0, 0.05) is 17.3 Å². The first-order valence-electron chi connectivity index (χ1n) is 12.3. The first-order chi connectivity index (χ1) is 15.9. The van der Waals surface area contributed by atoms with E-state index in [1.165, 1.54) is 6.42 Å². The van der Waals surface area contributed by atoms with Crippen LogP contribution in [0.2, 0.25) is 0 Å². The van der Waals surface area contributed by atoms with Crippen LogP contribution in [0.1, 0.15) is 52.4 Å². The first-order valence-corrected chi connectivity index (χ1v) is 13.2. The third-order valence-electron chi connectivity index (χ3n) is 8.37. The van der Waals surface area contributed by atoms with Gasteiger partial charge in [0.25, 0.3) is 0 Å². The highest BCUT2D eigenvalue weighted by molar-refractivity contribution is 8.02. The van der Waals surface area contributed by atoms with Crippen molar-refractivity contribution in [3.05, 3.63) is 24.3 Å². The third kappa shape index (κ3) is 3.31. The molecule has 7 nitrogen and oxygen atoms in total. The number of nitrogens with zero attached hydrogens (tertiary/aromatic N) is 2. The third-order valence-corrected chi connectivity index (χ3v) is 10.2. The number of thioether (sulfide) groups is 1. The number of aliphatic hydroxyl groups excluding tert-OH is 1. The van der Waals surface area contributed by atoms with Crippen LogP contribution in [0.5, 0.6) is 0 Å². The molecule has 1 unspecified atom stereocenters. The Morgan fingerprint density at radius 2 is 1.88 bits per heavy atom. The molecule has 8 heteroatoms. The monoisotopic (exact) mass is 474 g/mol. The fourth-order valence-corrected chi connectivity index (χ4v) is 8.98. The van der Waals surface area contributed by atoms with Crippen LogP contribution in [0.3, 0.4) is 0 Å². The predicted molar refractivity (Wildman–Crippen MR) is 125 cm³/mol. The minimum absolute atomic E-state index is 0.0421. The fourth-order valence-electron chi connectivity index (χ4n) is 6.84. The standard InChI is InChI=1S/C25H34N2O5S/c1-3-16(15-28)27-20-22(30)26(17-9-5-4-6-10-17)13-7-12-25(20)18(21(27)29)19-23(31)32-14-8-11-24(19,2)33-25/h7-8,11-12,16-20,28H,3-6,9-10,13-15H2,1-2H3/t16-,18-,19-,20?,24+,25-/m0/s1. The van der Waals surface area contributed by atoms with Gasteiger partial charge in [-0.3, -0.25) is 14.4 Å². The van der Waals surface area contributed by atoms with E-state index in [2.05, 4.69) is 0 Å². The van der Waals surface area contributed by atoms with Crippen LogP contribution in [0.4, 0.5) is 0 Å². The van der Waals surface area contributed by atoms with Crippen LogP contribution in [-0.2, 0) is 19.1 Å². The lowest BCUT2D eigenvalue weighted by Crippen LogP contribution is -2.58. The average molecular weight is 475 g/mol. The molecule has 1 saturated carbocycles. The van der Waals surface area contributed by atoms with E-state index in [0.29, 0.717) is 13.0 Å². The van der Waals surface area contributed by atoms with Crippen molar-refractivity contribution in [3.8, 4) is 0 Å². The number of amides is 2. The zero-order chi connectivity index (χ0) is 23.4. The average Bonchev–Trinajstić information content (AvgIpc) is 3.07. The van der Waals surface area contributed by atoms with Crippen LogP contribution in [0.25, 0.3) is 0 Å². The molecule has 0 radical (unpaired) electrons. The van der Waals surface area contributed by atoms with Gasteiger partial charge in [-0.05, 0) is 32.3 Å². The molecule has 5 rings (SSSR count). The lowest BCUT2D eigenvalue weighted by atomic mass is 9.75. The topological polar surface area (TPSA) is 87.2 Å². The maximum absolute atomic E-state index is 14.3. The lowest BCUT2D eigenvalue weighted by Gasteiger charge is -2.41.